The van der Waals surface area contributed by atoms with Gasteiger partial charge in [0.15, 0.2) is 6.10 Å². The number of ether oxygens (including phenoxy) is 1. The summed E-state index contributed by atoms with van der Waals surface area (Å²) >= 11 is 0. The molecule has 0 heterocycles. The van der Waals surface area contributed by atoms with Gasteiger partial charge in [-0.1, -0.05) is 39.8 Å². The summed E-state index contributed by atoms with van der Waals surface area (Å²) in [6.07, 6.45) is -1.56. The molecule has 0 aliphatic rings. The molecule has 0 aliphatic carbocycles. The van der Waals surface area contributed by atoms with Crippen LogP contribution in [0.4, 0.5) is 0 Å². The van der Waals surface area contributed by atoms with Crippen molar-refractivity contribution in [2.45, 2.75) is 45.6 Å². The predicted molar refractivity (Wildman–Crippen MR) is 73.8 cm³/mol. The van der Waals surface area contributed by atoms with Gasteiger partial charge in [0.25, 0.3) is 0 Å². The monoisotopic (exact) mass is 266 g/mol. The highest BCUT2D eigenvalue weighted by Crippen LogP contribution is 2.38. The van der Waals surface area contributed by atoms with E-state index in [1.165, 1.54) is 7.11 Å². The largest absolute Gasteiger partial charge is 0.496 e. The molecule has 0 saturated heterocycles. The summed E-state index contributed by atoms with van der Waals surface area (Å²) in [5.74, 6) is -0.479. The topological polar surface area (TPSA) is 66.8 Å². The zero-order valence-electron chi connectivity index (χ0n) is 12.1. The van der Waals surface area contributed by atoms with Gasteiger partial charge in [-0.2, -0.15) is 0 Å². The molecule has 0 saturated carbocycles. The first-order valence-electron chi connectivity index (χ1n) is 6.42. The second-order valence-electron chi connectivity index (χ2n) is 5.24. The summed E-state index contributed by atoms with van der Waals surface area (Å²) in [6.45, 7) is 7.93. The SMILES string of the molecule is COc1c(C(C)C)ccc(C(C)C)c1C(O)C(=O)O. The minimum atomic E-state index is -1.56. The number of rotatable bonds is 5. The first-order valence-corrected chi connectivity index (χ1v) is 6.42. The molecule has 106 valence electrons. The third-order valence-electron chi connectivity index (χ3n) is 3.22. The molecule has 0 fully saturated rings. The average molecular weight is 266 g/mol. The van der Waals surface area contributed by atoms with Crippen molar-refractivity contribution >= 4 is 5.97 Å². The van der Waals surface area contributed by atoms with Gasteiger partial charge < -0.3 is 14.9 Å². The van der Waals surface area contributed by atoms with Crippen molar-refractivity contribution in [2.24, 2.45) is 0 Å². The van der Waals surface area contributed by atoms with E-state index >= 15 is 0 Å². The van der Waals surface area contributed by atoms with Crippen LogP contribution in [0, 0.1) is 0 Å². The van der Waals surface area contributed by atoms with Crippen LogP contribution in [0.5, 0.6) is 5.75 Å². The quantitative estimate of drug-likeness (QED) is 0.859. The number of carboxylic acid groups (broad SMARTS) is 1. The van der Waals surface area contributed by atoms with Gasteiger partial charge in [0.05, 0.1) is 7.11 Å². The summed E-state index contributed by atoms with van der Waals surface area (Å²) in [6, 6.07) is 3.82. The number of aliphatic hydroxyl groups is 1. The maximum Gasteiger partial charge on any atom is 0.337 e. The van der Waals surface area contributed by atoms with Crippen LogP contribution in [0.1, 0.15) is 62.3 Å². The fourth-order valence-electron chi connectivity index (χ4n) is 2.22. The van der Waals surface area contributed by atoms with Crippen LogP contribution in [0.2, 0.25) is 0 Å². The number of carboxylic acids is 1. The molecule has 0 spiro atoms. The van der Waals surface area contributed by atoms with Crippen molar-refractivity contribution in [3.63, 3.8) is 0 Å². The normalized spacial score (nSPS) is 12.8. The lowest BCUT2D eigenvalue weighted by Gasteiger charge is -2.22. The lowest BCUT2D eigenvalue weighted by Crippen LogP contribution is -2.16. The number of aliphatic hydroxyl groups excluding tert-OH is 1. The fraction of sp³-hybridized carbons (Fsp3) is 0.533. The van der Waals surface area contributed by atoms with Crippen LogP contribution >= 0.6 is 0 Å². The van der Waals surface area contributed by atoms with Gasteiger partial charge >= 0.3 is 5.97 Å². The molecule has 0 amide bonds. The molecule has 1 atom stereocenters. The van der Waals surface area contributed by atoms with Crippen LogP contribution in [0.3, 0.4) is 0 Å². The summed E-state index contributed by atoms with van der Waals surface area (Å²) in [7, 11) is 1.50. The van der Waals surface area contributed by atoms with Crippen LogP contribution in [0.25, 0.3) is 0 Å². The van der Waals surface area contributed by atoms with Crippen molar-refractivity contribution in [1.29, 1.82) is 0 Å². The van der Waals surface area contributed by atoms with Crippen molar-refractivity contribution < 1.29 is 19.7 Å². The smallest absolute Gasteiger partial charge is 0.337 e. The molecule has 1 rings (SSSR count). The third kappa shape index (κ3) is 3.07. The molecule has 1 aromatic carbocycles. The Morgan fingerprint density at radius 3 is 1.95 bits per heavy atom. The summed E-state index contributed by atoms with van der Waals surface area (Å²) in [5, 5.41) is 19.1. The molecular weight excluding hydrogens is 244 g/mol. The van der Waals surface area contributed by atoms with Crippen molar-refractivity contribution in [1.82, 2.24) is 0 Å². The first-order chi connectivity index (χ1) is 8.81. The Hall–Kier alpha value is -1.55. The van der Waals surface area contributed by atoms with E-state index in [9.17, 15) is 9.90 Å². The van der Waals surface area contributed by atoms with Gasteiger partial charge in [0.2, 0.25) is 0 Å². The third-order valence-corrected chi connectivity index (χ3v) is 3.22. The Morgan fingerprint density at radius 2 is 1.58 bits per heavy atom. The predicted octanol–water partition coefficient (Wildman–Crippen LogP) is 3.06. The van der Waals surface area contributed by atoms with Gasteiger partial charge in [-0.15, -0.1) is 0 Å². The van der Waals surface area contributed by atoms with E-state index in [4.69, 9.17) is 9.84 Å². The zero-order valence-corrected chi connectivity index (χ0v) is 12.1. The Labute approximate surface area is 114 Å². The van der Waals surface area contributed by atoms with E-state index in [-0.39, 0.29) is 11.8 Å². The molecule has 0 bridgehead atoms. The van der Waals surface area contributed by atoms with E-state index < -0.39 is 12.1 Å². The van der Waals surface area contributed by atoms with Crippen molar-refractivity contribution in [3.05, 3.63) is 28.8 Å². The number of hydrogen-bond donors (Lipinski definition) is 2. The van der Waals surface area contributed by atoms with E-state index in [1.54, 1.807) is 0 Å². The Balaban J connectivity index is 3.59. The van der Waals surface area contributed by atoms with Crippen molar-refractivity contribution in [3.8, 4) is 5.75 Å². The standard InChI is InChI=1S/C15H22O4/c1-8(2)10-6-7-11(9(3)4)14(19-5)12(10)13(16)15(17)18/h6-9,13,16H,1-5H3,(H,17,18). The highest BCUT2D eigenvalue weighted by molar-refractivity contribution is 5.76. The number of methoxy groups -OCH3 is 1. The molecule has 1 aromatic rings. The molecule has 0 radical (unpaired) electrons. The summed E-state index contributed by atoms with van der Waals surface area (Å²) in [5.41, 5.74) is 2.08. The lowest BCUT2D eigenvalue weighted by atomic mass is 9.88. The minimum Gasteiger partial charge on any atom is -0.496 e. The second-order valence-corrected chi connectivity index (χ2v) is 5.24. The number of hydrogen-bond acceptors (Lipinski definition) is 3. The molecule has 4 nitrogen and oxygen atoms in total. The minimum absolute atomic E-state index is 0.110. The van der Waals surface area contributed by atoms with Crippen LogP contribution < -0.4 is 4.74 Å². The Bertz CT molecular complexity index is 463. The zero-order chi connectivity index (χ0) is 14.7. The first kappa shape index (κ1) is 15.5. The maximum absolute atomic E-state index is 11.1. The van der Waals surface area contributed by atoms with Gasteiger partial charge in [0, 0.05) is 5.56 Å². The van der Waals surface area contributed by atoms with Crippen molar-refractivity contribution in [2.75, 3.05) is 7.11 Å². The Morgan fingerprint density at radius 1 is 1.11 bits per heavy atom. The van der Waals surface area contributed by atoms with E-state index in [1.807, 2.05) is 39.8 Å². The second kappa shape index (κ2) is 6.06. The van der Waals surface area contributed by atoms with Gasteiger partial charge in [-0.05, 0) is 23.0 Å². The number of benzene rings is 1. The Kier molecular flexibility index (Phi) is 4.95. The van der Waals surface area contributed by atoms with Gasteiger partial charge in [-0.25, -0.2) is 4.79 Å². The average Bonchev–Trinajstić information content (AvgIpc) is 2.35. The number of aliphatic carboxylic acids is 1. The van der Waals surface area contributed by atoms with Crippen LogP contribution in [-0.4, -0.2) is 23.3 Å². The molecule has 2 N–H and O–H groups in total. The molecule has 0 aliphatic heterocycles. The molecule has 4 heteroatoms. The number of carbonyl (C=O) groups is 1. The summed E-state index contributed by atoms with van der Waals surface area (Å²) in [4.78, 5) is 11.1. The van der Waals surface area contributed by atoms with Gasteiger partial charge in [0.1, 0.15) is 5.75 Å². The highest BCUT2D eigenvalue weighted by Gasteiger charge is 2.27. The van der Waals surface area contributed by atoms with E-state index in [0.29, 0.717) is 11.3 Å². The van der Waals surface area contributed by atoms with E-state index in [0.717, 1.165) is 11.1 Å². The van der Waals surface area contributed by atoms with E-state index in [2.05, 4.69) is 0 Å². The molecular formula is C15H22O4. The van der Waals surface area contributed by atoms with Crippen LogP contribution in [0.15, 0.2) is 12.1 Å². The van der Waals surface area contributed by atoms with Crippen LogP contribution in [-0.2, 0) is 4.79 Å². The fourth-order valence-corrected chi connectivity index (χ4v) is 2.22. The highest BCUT2D eigenvalue weighted by atomic mass is 16.5. The molecule has 1 unspecified atom stereocenters. The summed E-state index contributed by atoms with van der Waals surface area (Å²) < 4.78 is 5.38. The maximum atomic E-state index is 11.1. The molecule has 0 aromatic heterocycles. The lowest BCUT2D eigenvalue weighted by molar-refractivity contribution is -0.147. The molecule has 19 heavy (non-hydrogen) atoms. The van der Waals surface area contributed by atoms with Gasteiger partial charge in [-0.3, -0.25) is 0 Å².